The zero-order valence-corrected chi connectivity index (χ0v) is 15.8. The molecular formula is C20H21F2N3O3. The SMILES string of the molecule is CNCCOc1cc2nccc(Oc3cc(F)c(NC)cc3F)c2cc1OC. The topological polar surface area (TPSA) is 64.6 Å². The van der Waals surface area contributed by atoms with E-state index in [-0.39, 0.29) is 11.4 Å². The van der Waals surface area contributed by atoms with Crippen LogP contribution in [0.15, 0.2) is 36.5 Å². The lowest BCUT2D eigenvalue weighted by molar-refractivity contribution is 0.296. The molecule has 0 aliphatic carbocycles. The molecule has 2 aromatic carbocycles. The van der Waals surface area contributed by atoms with Crippen molar-refractivity contribution in [1.82, 2.24) is 10.3 Å². The third-order valence-corrected chi connectivity index (χ3v) is 4.11. The van der Waals surface area contributed by atoms with Crippen molar-refractivity contribution in [3.05, 3.63) is 48.2 Å². The Morgan fingerprint density at radius 3 is 2.50 bits per heavy atom. The fourth-order valence-electron chi connectivity index (χ4n) is 2.67. The van der Waals surface area contributed by atoms with Gasteiger partial charge in [0.1, 0.15) is 18.2 Å². The highest BCUT2D eigenvalue weighted by Gasteiger charge is 2.15. The molecular weight excluding hydrogens is 368 g/mol. The number of pyridine rings is 1. The molecule has 1 heterocycles. The van der Waals surface area contributed by atoms with E-state index < -0.39 is 11.6 Å². The summed E-state index contributed by atoms with van der Waals surface area (Å²) in [6.45, 7) is 1.13. The monoisotopic (exact) mass is 389 g/mol. The van der Waals surface area contributed by atoms with Gasteiger partial charge < -0.3 is 24.8 Å². The van der Waals surface area contributed by atoms with Gasteiger partial charge in [-0.05, 0) is 19.2 Å². The fourth-order valence-corrected chi connectivity index (χ4v) is 2.67. The number of methoxy groups -OCH3 is 1. The summed E-state index contributed by atoms with van der Waals surface area (Å²) >= 11 is 0. The quantitative estimate of drug-likeness (QED) is 0.569. The molecule has 8 heteroatoms. The molecule has 0 bridgehead atoms. The van der Waals surface area contributed by atoms with Gasteiger partial charge in [0.05, 0.1) is 18.3 Å². The Morgan fingerprint density at radius 2 is 1.79 bits per heavy atom. The first-order valence-corrected chi connectivity index (χ1v) is 8.66. The van der Waals surface area contributed by atoms with Crippen LogP contribution in [-0.4, -0.2) is 39.3 Å². The van der Waals surface area contributed by atoms with Crippen molar-refractivity contribution in [2.75, 3.05) is 39.7 Å². The second-order valence-electron chi connectivity index (χ2n) is 5.90. The lowest BCUT2D eigenvalue weighted by Crippen LogP contribution is -2.16. The number of hydrogen-bond acceptors (Lipinski definition) is 6. The number of nitrogens with zero attached hydrogens (tertiary/aromatic N) is 1. The zero-order chi connectivity index (χ0) is 20.1. The first-order chi connectivity index (χ1) is 13.6. The van der Waals surface area contributed by atoms with Gasteiger partial charge in [0.15, 0.2) is 23.1 Å². The smallest absolute Gasteiger partial charge is 0.167 e. The van der Waals surface area contributed by atoms with E-state index in [4.69, 9.17) is 14.2 Å². The molecule has 0 atom stereocenters. The molecule has 0 saturated heterocycles. The van der Waals surface area contributed by atoms with Gasteiger partial charge in [-0.3, -0.25) is 4.98 Å². The molecule has 1 aromatic heterocycles. The number of anilines is 1. The molecule has 0 amide bonds. The molecule has 28 heavy (non-hydrogen) atoms. The number of rotatable bonds is 8. The van der Waals surface area contributed by atoms with Crippen LogP contribution < -0.4 is 24.8 Å². The van der Waals surface area contributed by atoms with Crippen molar-refractivity contribution >= 4 is 16.6 Å². The summed E-state index contributed by atoms with van der Waals surface area (Å²) in [5, 5.41) is 6.16. The van der Waals surface area contributed by atoms with Crippen LogP contribution in [0.5, 0.6) is 23.0 Å². The summed E-state index contributed by atoms with van der Waals surface area (Å²) < 4.78 is 45.0. The normalized spacial score (nSPS) is 10.8. The van der Waals surface area contributed by atoms with Crippen molar-refractivity contribution in [2.24, 2.45) is 0 Å². The van der Waals surface area contributed by atoms with E-state index in [0.29, 0.717) is 41.3 Å². The lowest BCUT2D eigenvalue weighted by Gasteiger charge is -2.14. The second-order valence-corrected chi connectivity index (χ2v) is 5.90. The van der Waals surface area contributed by atoms with E-state index in [1.54, 1.807) is 18.2 Å². The van der Waals surface area contributed by atoms with E-state index in [0.717, 1.165) is 12.1 Å². The summed E-state index contributed by atoms with van der Waals surface area (Å²) in [6.07, 6.45) is 1.53. The lowest BCUT2D eigenvalue weighted by atomic mass is 10.1. The van der Waals surface area contributed by atoms with Crippen LogP contribution in [0, 0.1) is 11.6 Å². The minimum absolute atomic E-state index is 0.0504. The summed E-state index contributed by atoms with van der Waals surface area (Å²) in [4.78, 5) is 4.31. The van der Waals surface area contributed by atoms with Crippen molar-refractivity contribution in [3.8, 4) is 23.0 Å². The van der Waals surface area contributed by atoms with Crippen LogP contribution in [-0.2, 0) is 0 Å². The van der Waals surface area contributed by atoms with E-state index in [1.807, 2.05) is 7.05 Å². The Labute approximate surface area is 161 Å². The molecule has 0 fully saturated rings. The maximum Gasteiger partial charge on any atom is 0.167 e. The summed E-state index contributed by atoms with van der Waals surface area (Å²) in [5.41, 5.74) is 0.625. The number of halogens is 2. The highest BCUT2D eigenvalue weighted by atomic mass is 19.1. The van der Waals surface area contributed by atoms with Crippen molar-refractivity contribution < 1.29 is 23.0 Å². The largest absolute Gasteiger partial charge is 0.493 e. The van der Waals surface area contributed by atoms with Gasteiger partial charge in [-0.15, -0.1) is 0 Å². The maximum absolute atomic E-state index is 14.3. The summed E-state index contributed by atoms with van der Waals surface area (Å²) in [5.74, 6) is -0.188. The van der Waals surface area contributed by atoms with Crippen LogP contribution in [0.2, 0.25) is 0 Å². The third-order valence-electron chi connectivity index (χ3n) is 4.11. The maximum atomic E-state index is 14.3. The number of fused-ring (bicyclic) bond motifs is 1. The highest BCUT2D eigenvalue weighted by Crippen LogP contribution is 2.38. The van der Waals surface area contributed by atoms with Crippen LogP contribution >= 0.6 is 0 Å². The number of benzene rings is 2. The highest BCUT2D eigenvalue weighted by molar-refractivity contribution is 5.88. The Morgan fingerprint density at radius 1 is 0.964 bits per heavy atom. The predicted molar refractivity (Wildman–Crippen MR) is 104 cm³/mol. The Kier molecular flexibility index (Phi) is 6.10. The molecule has 0 aliphatic rings. The van der Waals surface area contributed by atoms with Crippen LogP contribution in [0.4, 0.5) is 14.5 Å². The second kappa shape index (κ2) is 8.71. The van der Waals surface area contributed by atoms with Gasteiger partial charge in [-0.2, -0.15) is 0 Å². The van der Waals surface area contributed by atoms with Gasteiger partial charge in [-0.25, -0.2) is 8.78 Å². The molecule has 0 radical (unpaired) electrons. The van der Waals surface area contributed by atoms with Crippen LogP contribution in [0.1, 0.15) is 0 Å². The molecule has 148 valence electrons. The molecule has 6 nitrogen and oxygen atoms in total. The van der Waals surface area contributed by atoms with E-state index in [1.165, 1.54) is 20.4 Å². The number of hydrogen-bond donors (Lipinski definition) is 2. The van der Waals surface area contributed by atoms with Crippen molar-refractivity contribution in [2.45, 2.75) is 0 Å². The minimum atomic E-state index is -0.685. The predicted octanol–water partition coefficient (Wildman–Crippen LogP) is 3.95. The standard InChI is InChI=1S/C20H21F2N3O3/c1-23-6-7-27-20-11-15-12(8-19(20)26-3)17(4-5-25-15)28-18-10-13(21)16(24-2)9-14(18)22/h4-5,8-11,23-24H,6-7H2,1-3H3. The van der Waals surface area contributed by atoms with Gasteiger partial charge in [0, 0.05) is 43.4 Å². The van der Waals surface area contributed by atoms with Gasteiger partial charge >= 0.3 is 0 Å². The number of nitrogens with one attached hydrogen (secondary N) is 2. The molecule has 0 spiro atoms. The Hall–Kier alpha value is -3.13. The van der Waals surface area contributed by atoms with E-state index >= 15 is 0 Å². The molecule has 0 unspecified atom stereocenters. The molecule has 3 aromatic rings. The molecule has 2 N–H and O–H groups in total. The third kappa shape index (κ3) is 4.07. The average molecular weight is 389 g/mol. The van der Waals surface area contributed by atoms with Gasteiger partial charge in [0.2, 0.25) is 0 Å². The van der Waals surface area contributed by atoms with Crippen molar-refractivity contribution in [3.63, 3.8) is 0 Å². The van der Waals surface area contributed by atoms with Crippen molar-refractivity contribution in [1.29, 1.82) is 0 Å². The van der Waals surface area contributed by atoms with E-state index in [2.05, 4.69) is 15.6 Å². The fraction of sp³-hybridized carbons (Fsp3) is 0.250. The summed E-state index contributed by atoms with van der Waals surface area (Å²) in [6, 6.07) is 7.04. The zero-order valence-electron chi connectivity index (χ0n) is 15.8. The molecule has 3 rings (SSSR count). The van der Waals surface area contributed by atoms with Crippen LogP contribution in [0.25, 0.3) is 10.9 Å². The molecule has 0 saturated carbocycles. The summed E-state index contributed by atoms with van der Waals surface area (Å²) in [7, 11) is 4.86. The number of ether oxygens (including phenoxy) is 3. The van der Waals surface area contributed by atoms with Gasteiger partial charge in [-0.1, -0.05) is 0 Å². The Balaban J connectivity index is 1.99. The van der Waals surface area contributed by atoms with Crippen LogP contribution in [0.3, 0.4) is 0 Å². The van der Waals surface area contributed by atoms with E-state index in [9.17, 15) is 8.78 Å². The number of aromatic nitrogens is 1. The minimum Gasteiger partial charge on any atom is -0.493 e. The average Bonchev–Trinajstić information content (AvgIpc) is 2.70. The molecule has 0 aliphatic heterocycles. The number of likely N-dealkylation sites (N-methyl/N-ethyl adjacent to an activating group) is 1. The first-order valence-electron chi connectivity index (χ1n) is 8.66. The first kappa shape index (κ1) is 19.6. The van der Waals surface area contributed by atoms with Gasteiger partial charge in [0.25, 0.3) is 0 Å². The Bertz CT molecular complexity index is 983.